The van der Waals surface area contributed by atoms with E-state index < -0.39 is 12.0 Å². The Labute approximate surface area is 124 Å². The average Bonchev–Trinajstić information content (AvgIpc) is 2.92. The highest BCUT2D eigenvalue weighted by atomic mass is 19.1. The number of amides is 1. The Kier molecular flexibility index (Phi) is 4.83. The van der Waals surface area contributed by atoms with Crippen LogP contribution in [0.1, 0.15) is 49.8 Å². The molecule has 116 valence electrons. The van der Waals surface area contributed by atoms with Crippen molar-refractivity contribution in [2.45, 2.75) is 51.7 Å². The van der Waals surface area contributed by atoms with Crippen molar-refractivity contribution in [3.05, 3.63) is 29.1 Å². The first-order valence-electron chi connectivity index (χ1n) is 7.43. The lowest BCUT2D eigenvalue weighted by Crippen LogP contribution is -2.41. The van der Waals surface area contributed by atoms with Crippen LogP contribution < -0.4 is 10.6 Å². The van der Waals surface area contributed by atoms with E-state index in [1.54, 1.807) is 19.9 Å². The summed E-state index contributed by atoms with van der Waals surface area (Å²) in [6, 6.07) is 3.29. The van der Waals surface area contributed by atoms with Gasteiger partial charge in [-0.15, -0.1) is 0 Å². The molecule has 0 bridgehead atoms. The van der Waals surface area contributed by atoms with Crippen LogP contribution in [0.3, 0.4) is 0 Å². The molecular weight excluding hydrogens is 271 g/mol. The number of nitrogens with zero attached hydrogens (tertiary/aromatic N) is 1. The molecule has 0 spiro atoms. The number of aryl methyl sites for hydroxylation is 1. The topological polar surface area (TPSA) is 66.6 Å². The van der Waals surface area contributed by atoms with Gasteiger partial charge in [-0.25, -0.2) is 4.39 Å². The summed E-state index contributed by atoms with van der Waals surface area (Å²) < 4.78 is 13.8. The molecule has 3 N–H and O–H groups in total. The Morgan fingerprint density at radius 2 is 2.10 bits per heavy atom. The molecule has 4 nitrogen and oxygen atoms in total. The molecule has 1 fully saturated rings. The maximum absolute atomic E-state index is 13.8. The molecule has 2 rings (SSSR count). The highest BCUT2D eigenvalue weighted by molar-refractivity contribution is 5.80. The fourth-order valence-electron chi connectivity index (χ4n) is 3.06. The first kappa shape index (κ1) is 15.8. The molecule has 0 heterocycles. The zero-order valence-corrected chi connectivity index (χ0v) is 12.6. The number of hydrogen-bond donors (Lipinski definition) is 2. The van der Waals surface area contributed by atoms with Gasteiger partial charge in [-0.2, -0.15) is 0 Å². The minimum absolute atomic E-state index is 0.0927. The van der Waals surface area contributed by atoms with Gasteiger partial charge in [-0.05, 0) is 44.4 Å². The molecule has 0 saturated heterocycles. The van der Waals surface area contributed by atoms with E-state index in [-0.39, 0.29) is 18.4 Å². The monoisotopic (exact) mass is 294 g/mol. The summed E-state index contributed by atoms with van der Waals surface area (Å²) in [6.07, 6.45) is 3.41. The summed E-state index contributed by atoms with van der Waals surface area (Å²) in [4.78, 5) is 13.4. The van der Waals surface area contributed by atoms with Crippen LogP contribution in [0.15, 0.2) is 12.1 Å². The van der Waals surface area contributed by atoms with Gasteiger partial charge in [-0.1, -0.05) is 12.8 Å². The lowest BCUT2D eigenvalue weighted by atomic mass is 10.0. The van der Waals surface area contributed by atoms with Crippen molar-refractivity contribution in [3.63, 3.8) is 0 Å². The molecule has 1 amide bonds. The van der Waals surface area contributed by atoms with E-state index in [9.17, 15) is 14.3 Å². The molecule has 1 atom stereocenters. The van der Waals surface area contributed by atoms with Crippen molar-refractivity contribution >= 4 is 11.6 Å². The number of nitrogens with two attached hydrogens (primary N) is 1. The maximum atomic E-state index is 13.8. The molecule has 0 unspecified atom stereocenters. The Bertz CT molecular complexity index is 525. The Balaban J connectivity index is 2.46. The maximum Gasteiger partial charge on any atom is 0.236 e. The van der Waals surface area contributed by atoms with Gasteiger partial charge in [-0.3, -0.25) is 4.79 Å². The second-order valence-corrected chi connectivity index (χ2v) is 5.87. The number of benzene rings is 1. The van der Waals surface area contributed by atoms with Gasteiger partial charge in [0.05, 0.1) is 12.6 Å². The van der Waals surface area contributed by atoms with Crippen LogP contribution in [0.5, 0.6) is 0 Å². The smallest absolute Gasteiger partial charge is 0.236 e. The fraction of sp³-hybridized carbons (Fsp3) is 0.562. The van der Waals surface area contributed by atoms with Crippen LogP contribution in [0, 0.1) is 12.7 Å². The number of carbonyl (C=O) groups is 1. The zero-order chi connectivity index (χ0) is 15.6. The van der Waals surface area contributed by atoms with E-state index in [4.69, 9.17) is 5.73 Å². The van der Waals surface area contributed by atoms with E-state index in [1.165, 1.54) is 6.07 Å². The van der Waals surface area contributed by atoms with E-state index in [1.807, 2.05) is 4.90 Å². The number of hydrogen-bond acceptors (Lipinski definition) is 3. The summed E-state index contributed by atoms with van der Waals surface area (Å²) in [7, 11) is 0. The van der Waals surface area contributed by atoms with Crippen molar-refractivity contribution in [1.29, 1.82) is 0 Å². The number of primary amides is 1. The summed E-state index contributed by atoms with van der Waals surface area (Å²) in [5, 5.41) is 9.94. The Morgan fingerprint density at radius 3 is 2.62 bits per heavy atom. The van der Waals surface area contributed by atoms with Crippen molar-refractivity contribution in [2.75, 3.05) is 11.4 Å². The zero-order valence-electron chi connectivity index (χ0n) is 12.6. The number of anilines is 1. The molecule has 1 aliphatic rings. The Morgan fingerprint density at radius 1 is 1.48 bits per heavy atom. The summed E-state index contributed by atoms with van der Waals surface area (Å²) >= 11 is 0. The third-order valence-electron chi connectivity index (χ3n) is 4.16. The molecule has 0 aliphatic heterocycles. The van der Waals surface area contributed by atoms with Gasteiger partial charge in [0, 0.05) is 17.3 Å². The van der Waals surface area contributed by atoms with E-state index in [2.05, 4.69) is 0 Å². The number of aliphatic hydroxyl groups is 1. The Hall–Kier alpha value is -1.62. The van der Waals surface area contributed by atoms with Gasteiger partial charge in [0.2, 0.25) is 5.91 Å². The van der Waals surface area contributed by atoms with Crippen molar-refractivity contribution in [2.24, 2.45) is 5.73 Å². The number of rotatable bonds is 5. The number of halogens is 1. The second-order valence-electron chi connectivity index (χ2n) is 5.87. The normalized spacial score (nSPS) is 17.0. The molecular formula is C16H23FN2O2. The minimum Gasteiger partial charge on any atom is -0.389 e. The van der Waals surface area contributed by atoms with Crippen molar-refractivity contribution in [3.8, 4) is 0 Å². The van der Waals surface area contributed by atoms with E-state index in [0.29, 0.717) is 11.1 Å². The predicted molar refractivity (Wildman–Crippen MR) is 80.6 cm³/mol. The number of aliphatic hydroxyl groups excluding tert-OH is 1. The van der Waals surface area contributed by atoms with Crippen LogP contribution in [-0.2, 0) is 4.79 Å². The first-order chi connectivity index (χ1) is 9.90. The van der Waals surface area contributed by atoms with Crippen molar-refractivity contribution < 1.29 is 14.3 Å². The van der Waals surface area contributed by atoms with Crippen LogP contribution in [-0.4, -0.2) is 23.6 Å². The first-order valence-corrected chi connectivity index (χ1v) is 7.43. The van der Waals surface area contributed by atoms with E-state index in [0.717, 1.165) is 31.4 Å². The second kappa shape index (κ2) is 6.43. The molecule has 1 saturated carbocycles. The van der Waals surface area contributed by atoms with Crippen LogP contribution >= 0.6 is 0 Å². The van der Waals surface area contributed by atoms with Crippen LogP contribution in [0.4, 0.5) is 10.1 Å². The fourth-order valence-corrected chi connectivity index (χ4v) is 3.06. The van der Waals surface area contributed by atoms with Gasteiger partial charge in [0.15, 0.2) is 0 Å². The summed E-state index contributed by atoms with van der Waals surface area (Å²) in [5.41, 5.74) is 7.10. The quantitative estimate of drug-likeness (QED) is 0.876. The third-order valence-corrected chi connectivity index (χ3v) is 4.16. The van der Waals surface area contributed by atoms with Crippen LogP contribution in [0.2, 0.25) is 0 Å². The third kappa shape index (κ3) is 3.53. The summed E-state index contributed by atoms with van der Waals surface area (Å²) in [5.74, 6) is -0.763. The van der Waals surface area contributed by atoms with Gasteiger partial charge in [0.1, 0.15) is 5.82 Å². The largest absolute Gasteiger partial charge is 0.389 e. The number of carbonyl (C=O) groups excluding carboxylic acids is 1. The SMILES string of the molecule is Cc1cc(N(CC(N)=O)C2CCCC2)c([C@@H](C)O)cc1F. The standard InChI is InChI=1S/C16H23FN2O2/c1-10-7-15(13(11(2)20)8-14(10)17)19(9-16(18)21)12-5-3-4-6-12/h7-8,11-12,20H,3-6,9H2,1-2H3,(H2,18,21)/t11-/m1/s1. The average molecular weight is 294 g/mol. The predicted octanol–water partition coefficient (Wildman–Crippen LogP) is 2.42. The van der Waals surface area contributed by atoms with E-state index >= 15 is 0 Å². The van der Waals surface area contributed by atoms with Gasteiger partial charge in [0.25, 0.3) is 0 Å². The molecule has 1 aliphatic carbocycles. The van der Waals surface area contributed by atoms with Crippen LogP contribution in [0.25, 0.3) is 0 Å². The highest BCUT2D eigenvalue weighted by Gasteiger charge is 2.27. The van der Waals surface area contributed by atoms with Gasteiger partial charge >= 0.3 is 0 Å². The molecule has 1 aromatic rings. The van der Waals surface area contributed by atoms with Crippen molar-refractivity contribution in [1.82, 2.24) is 0 Å². The van der Waals surface area contributed by atoms with Gasteiger partial charge < -0.3 is 15.7 Å². The molecule has 0 radical (unpaired) electrons. The lowest BCUT2D eigenvalue weighted by Gasteiger charge is -2.32. The molecule has 0 aromatic heterocycles. The minimum atomic E-state index is -0.799. The molecule has 1 aromatic carbocycles. The lowest BCUT2D eigenvalue weighted by molar-refractivity contribution is -0.116. The molecule has 21 heavy (non-hydrogen) atoms. The molecule has 5 heteroatoms. The highest BCUT2D eigenvalue weighted by Crippen LogP contribution is 2.34. The summed E-state index contributed by atoms with van der Waals surface area (Å²) in [6.45, 7) is 3.38.